The molecule has 4 aromatic heterocycles. The molecule has 0 bridgehead atoms. The van der Waals surface area contributed by atoms with Crippen LogP contribution in [0, 0.1) is 0 Å². The highest BCUT2D eigenvalue weighted by atomic mass is 19.4. The molecular weight excluding hydrogens is 473 g/mol. The van der Waals surface area contributed by atoms with E-state index in [0.717, 1.165) is 6.07 Å². The number of carbonyl (C=O) groups excluding carboxylic acids is 1. The van der Waals surface area contributed by atoms with Gasteiger partial charge in [0.2, 0.25) is 5.88 Å². The summed E-state index contributed by atoms with van der Waals surface area (Å²) in [4.78, 5) is 34.1. The highest BCUT2D eigenvalue weighted by Crippen LogP contribution is 2.33. The minimum absolute atomic E-state index is 0.0878. The number of benzene rings is 1. The third-order valence-corrected chi connectivity index (χ3v) is 5.64. The van der Waals surface area contributed by atoms with Gasteiger partial charge in [-0.3, -0.25) is 4.79 Å². The first kappa shape index (κ1) is 23.1. The van der Waals surface area contributed by atoms with E-state index in [0.29, 0.717) is 40.1 Å². The van der Waals surface area contributed by atoms with Gasteiger partial charge in [-0.1, -0.05) is 24.3 Å². The number of carbonyl (C=O) groups is 1. The summed E-state index contributed by atoms with van der Waals surface area (Å²) in [5.41, 5.74) is 0.395. The summed E-state index contributed by atoms with van der Waals surface area (Å²) in [6, 6.07) is 13.3. The largest absolute Gasteiger partial charge is 0.481 e. The fraction of sp³-hybridized carbons (Fsp3) is 0.120. The maximum absolute atomic E-state index is 13.4. The van der Waals surface area contributed by atoms with Crippen molar-refractivity contribution in [2.75, 3.05) is 19.1 Å². The number of aromatic amines is 2. The predicted octanol–water partition coefficient (Wildman–Crippen LogP) is 5.37. The number of hydrogen-bond acceptors (Lipinski definition) is 6. The SMILES string of the molecule is COc1cccc(N(C)c2cc3nc(-c4cc(C(=O)c5ccccc5C(F)(F)F)c[nH]4)[nH]c3cn2)n1. The molecule has 2 N–H and O–H groups in total. The van der Waals surface area contributed by atoms with Crippen molar-refractivity contribution in [3.05, 3.63) is 83.7 Å². The smallest absolute Gasteiger partial charge is 0.417 e. The quantitative estimate of drug-likeness (QED) is 0.309. The maximum atomic E-state index is 13.4. The molecule has 5 rings (SSSR count). The molecule has 4 heterocycles. The number of halogens is 3. The van der Waals surface area contributed by atoms with Gasteiger partial charge in [0.25, 0.3) is 0 Å². The molecule has 0 radical (unpaired) electrons. The average Bonchev–Trinajstić information content (AvgIpc) is 3.54. The van der Waals surface area contributed by atoms with Crippen molar-refractivity contribution in [3.63, 3.8) is 0 Å². The van der Waals surface area contributed by atoms with Crippen molar-refractivity contribution in [2.45, 2.75) is 6.18 Å². The number of ketones is 1. The molecule has 5 aromatic rings. The molecular formula is C25H19F3N6O2. The van der Waals surface area contributed by atoms with Gasteiger partial charge in [-0.05, 0) is 18.2 Å². The zero-order valence-corrected chi connectivity index (χ0v) is 19.1. The second-order valence-electron chi connectivity index (χ2n) is 7.92. The van der Waals surface area contributed by atoms with Crippen LogP contribution in [-0.2, 0) is 6.18 Å². The van der Waals surface area contributed by atoms with E-state index in [9.17, 15) is 18.0 Å². The fourth-order valence-electron chi connectivity index (χ4n) is 3.78. The van der Waals surface area contributed by atoms with Crippen LogP contribution in [0.5, 0.6) is 5.88 Å². The summed E-state index contributed by atoms with van der Waals surface area (Å²) in [6.07, 6.45) is -1.65. The number of fused-ring (bicyclic) bond motifs is 1. The number of methoxy groups -OCH3 is 1. The lowest BCUT2D eigenvalue weighted by molar-refractivity contribution is -0.137. The predicted molar refractivity (Wildman–Crippen MR) is 127 cm³/mol. The Morgan fingerprint density at radius 2 is 1.83 bits per heavy atom. The van der Waals surface area contributed by atoms with Crippen LogP contribution in [0.4, 0.5) is 24.8 Å². The van der Waals surface area contributed by atoms with Gasteiger partial charge in [0.05, 0.1) is 35.6 Å². The molecule has 0 fully saturated rings. The van der Waals surface area contributed by atoms with E-state index in [1.807, 2.05) is 19.2 Å². The molecule has 0 spiro atoms. The molecule has 11 heteroatoms. The number of aromatic nitrogens is 5. The molecule has 0 aliphatic heterocycles. The van der Waals surface area contributed by atoms with Crippen LogP contribution in [0.15, 0.2) is 67.0 Å². The van der Waals surface area contributed by atoms with Gasteiger partial charge in [-0.15, -0.1) is 0 Å². The number of anilines is 2. The van der Waals surface area contributed by atoms with Gasteiger partial charge in [-0.2, -0.15) is 18.2 Å². The number of rotatable bonds is 6. The molecule has 8 nitrogen and oxygen atoms in total. The van der Waals surface area contributed by atoms with Crippen LogP contribution in [0.2, 0.25) is 0 Å². The van der Waals surface area contributed by atoms with Gasteiger partial charge in [-0.25, -0.2) is 9.97 Å². The van der Waals surface area contributed by atoms with Gasteiger partial charge in [0, 0.05) is 36.5 Å². The van der Waals surface area contributed by atoms with E-state index in [1.165, 1.54) is 37.6 Å². The van der Waals surface area contributed by atoms with E-state index in [4.69, 9.17) is 4.74 Å². The Labute approximate surface area is 202 Å². The third-order valence-electron chi connectivity index (χ3n) is 5.64. The van der Waals surface area contributed by atoms with Crippen molar-refractivity contribution in [2.24, 2.45) is 0 Å². The lowest BCUT2D eigenvalue weighted by Crippen LogP contribution is -2.13. The lowest BCUT2D eigenvalue weighted by atomic mass is 9.99. The Morgan fingerprint density at radius 3 is 2.61 bits per heavy atom. The zero-order chi connectivity index (χ0) is 25.4. The first-order valence-corrected chi connectivity index (χ1v) is 10.7. The minimum Gasteiger partial charge on any atom is -0.481 e. The van der Waals surface area contributed by atoms with Crippen molar-refractivity contribution in [3.8, 4) is 17.4 Å². The summed E-state index contributed by atoms with van der Waals surface area (Å²) >= 11 is 0. The number of H-pyrrole nitrogens is 2. The molecule has 0 saturated carbocycles. The fourth-order valence-corrected chi connectivity index (χ4v) is 3.78. The van der Waals surface area contributed by atoms with E-state index < -0.39 is 23.1 Å². The van der Waals surface area contributed by atoms with Crippen molar-refractivity contribution < 1.29 is 22.7 Å². The van der Waals surface area contributed by atoms with Crippen LogP contribution in [0.1, 0.15) is 21.5 Å². The minimum atomic E-state index is -4.64. The summed E-state index contributed by atoms with van der Waals surface area (Å²) in [5.74, 6) is 1.36. The second-order valence-corrected chi connectivity index (χ2v) is 7.92. The Hall–Kier alpha value is -4.67. The monoisotopic (exact) mass is 492 g/mol. The van der Waals surface area contributed by atoms with Gasteiger partial charge in [0.1, 0.15) is 11.6 Å². The molecule has 0 unspecified atom stereocenters. The number of alkyl halides is 3. The Balaban J connectivity index is 1.44. The number of hydrogen-bond donors (Lipinski definition) is 2. The molecule has 0 amide bonds. The zero-order valence-electron chi connectivity index (χ0n) is 19.1. The highest BCUT2D eigenvalue weighted by molar-refractivity contribution is 6.10. The van der Waals surface area contributed by atoms with Crippen molar-refractivity contribution >= 4 is 28.5 Å². The van der Waals surface area contributed by atoms with Crippen LogP contribution in [0.3, 0.4) is 0 Å². The Morgan fingerprint density at radius 1 is 1.03 bits per heavy atom. The van der Waals surface area contributed by atoms with E-state index >= 15 is 0 Å². The summed E-state index contributed by atoms with van der Waals surface area (Å²) in [5, 5.41) is 0. The Bertz CT molecular complexity index is 1570. The Kier molecular flexibility index (Phi) is 5.67. The van der Waals surface area contributed by atoms with Crippen LogP contribution in [0.25, 0.3) is 22.6 Å². The number of nitrogens with zero attached hydrogens (tertiary/aromatic N) is 4. The molecule has 0 aliphatic rings. The van der Waals surface area contributed by atoms with Crippen LogP contribution in [-0.4, -0.2) is 44.9 Å². The van der Waals surface area contributed by atoms with Gasteiger partial charge in [0.15, 0.2) is 11.6 Å². The normalized spacial score (nSPS) is 11.6. The van der Waals surface area contributed by atoms with Crippen molar-refractivity contribution in [1.29, 1.82) is 0 Å². The standard InChI is InChI=1S/C25H19F3N6O2/c1-34(20-8-5-9-22(33-20)36-2)21-11-17-19(13-30-21)32-24(31-17)18-10-14(12-29-18)23(35)15-6-3-4-7-16(15)25(26,27)28/h3-13,29H,1-2H3,(H,31,32). The average molecular weight is 492 g/mol. The number of nitrogens with one attached hydrogen (secondary N) is 2. The molecule has 182 valence electrons. The van der Waals surface area contributed by atoms with Gasteiger partial charge >= 0.3 is 6.18 Å². The maximum Gasteiger partial charge on any atom is 0.417 e. The second kappa shape index (κ2) is 8.84. The van der Waals surface area contributed by atoms with E-state index in [-0.39, 0.29) is 5.56 Å². The summed E-state index contributed by atoms with van der Waals surface area (Å²) in [6.45, 7) is 0. The summed E-state index contributed by atoms with van der Waals surface area (Å²) in [7, 11) is 3.35. The lowest BCUT2D eigenvalue weighted by Gasteiger charge is -2.17. The number of ether oxygens (including phenoxy) is 1. The van der Waals surface area contributed by atoms with Crippen LogP contribution >= 0.6 is 0 Å². The number of pyridine rings is 2. The molecule has 36 heavy (non-hydrogen) atoms. The van der Waals surface area contributed by atoms with E-state index in [2.05, 4.69) is 24.9 Å². The molecule has 0 aliphatic carbocycles. The molecule has 0 atom stereocenters. The van der Waals surface area contributed by atoms with Crippen molar-refractivity contribution in [1.82, 2.24) is 24.9 Å². The van der Waals surface area contributed by atoms with Gasteiger partial charge < -0.3 is 19.6 Å². The molecule has 1 aromatic carbocycles. The summed E-state index contributed by atoms with van der Waals surface area (Å²) < 4.78 is 45.2. The third kappa shape index (κ3) is 4.26. The first-order valence-electron chi connectivity index (χ1n) is 10.7. The highest BCUT2D eigenvalue weighted by Gasteiger charge is 2.35. The number of imidazole rings is 1. The molecule has 0 saturated heterocycles. The topological polar surface area (TPSA) is 99.8 Å². The first-order chi connectivity index (χ1) is 17.2. The van der Waals surface area contributed by atoms with Crippen LogP contribution < -0.4 is 9.64 Å². The van der Waals surface area contributed by atoms with E-state index in [1.54, 1.807) is 23.2 Å².